The average molecular weight is 272 g/mol. The fourth-order valence-corrected chi connectivity index (χ4v) is 2.58. The standard InChI is InChI=1S/C10H10BrNOS/c1-2-3-7-6-8(12-13-7)9-4-5-10(11)14-9/h4-6H,2-3H2,1H3. The topological polar surface area (TPSA) is 26.0 Å². The summed E-state index contributed by atoms with van der Waals surface area (Å²) in [4.78, 5) is 1.14. The summed E-state index contributed by atoms with van der Waals surface area (Å²) in [6.45, 7) is 2.13. The normalized spacial score (nSPS) is 10.7. The number of halogens is 1. The molecule has 0 amide bonds. The third-order valence-corrected chi connectivity index (χ3v) is 3.53. The van der Waals surface area contributed by atoms with E-state index in [0.717, 1.165) is 33.0 Å². The van der Waals surface area contributed by atoms with Crippen LogP contribution in [-0.2, 0) is 6.42 Å². The number of nitrogens with zero attached hydrogens (tertiary/aromatic N) is 1. The minimum absolute atomic E-state index is 0.934. The van der Waals surface area contributed by atoms with Crippen LogP contribution in [0.5, 0.6) is 0 Å². The SMILES string of the molecule is CCCc1cc(-c2ccc(Br)s2)no1. The first kappa shape index (κ1) is 9.93. The Kier molecular flexibility index (Phi) is 3.03. The predicted molar refractivity (Wildman–Crippen MR) is 61.5 cm³/mol. The fourth-order valence-electron chi connectivity index (χ4n) is 1.25. The zero-order chi connectivity index (χ0) is 9.97. The summed E-state index contributed by atoms with van der Waals surface area (Å²) >= 11 is 5.09. The third-order valence-electron chi connectivity index (χ3n) is 1.88. The van der Waals surface area contributed by atoms with Gasteiger partial charge in [-0.05, 0) is 34.5 Å². The quantitative estimate of drug-likeness (QED) is 0.840. The molecule has 0 fully saturated rings. The molecule has 14 heavy (non-hydrogen) atoms. The summed E-state index contributed by atoms with van der Waals surface area (Å²) in [6, 6.07) is 6.08. The van der Waals surface area contributed by atoms with E-state index in [1.54, 1.807) is 11.3 Å². The highest BCUT2D eigenvalue weighted by atomic mass is 79.9. The van der Waals surface area contributed by atoms with E-state index in [1.165, 1.54) is 0 Å². The van der Waals surface area contributed by atoms with Crippen LogP contribution in [0.2, 0.25) is 0 Å². The van der Waals surface area contributed by atoms with Crippen LogP contribution in [0.3, 0.4) is 0 Å². The van der Waals surface area contributed by atoms with Gasteiger partial charge in [-0.2, -0.15) is 0 Å². The zero-order valence-corrected chi connectivity index (χ0v) is 10.2. The number of hydrogen-bond donors (Lipinski definition) is 0. The molecule has 0 aliphatic rings. The molecule has 74 valence electrons. The Morgan fingerprint density at radius 2 is 2.36 bits per heavy atom. The Hall–Kier alpha value is -0.610. The molecule has 0 aromatic carbocycles. The van der Waals surface area contributed by atoms with Gasteiger partial charge in [-0.15, -0.1) is 11.3 Å². The van der Waals surface area contributed by atoms with E-state index in [-0.39, 0.29) is 0 Å². The van der Waals surface area contributed by atoms with Crippen molar-refractivity contribution in [3.8, 4) is 10.6 Å². The molecule has 0 radical (unpaired) electrons. The van der Waals surface area contributed by atoms with Crippen molar-refractivity contribution < 1.29 is 4.52 Å². The van der Waals surface area contributed by atoms with Crippen molar-refractivity contribution in [2.45, 2.75) is 19.8 Å². The van der Waals surface area contributed by atoms with E-state index in [9.17, 15) is 0 Å². The van der Waals surface area contributed by atoms with Gasteiger partial charge in [0.1, 0.15) is 11.5 Å². The van der Waals surface area contributed by atoms with Crippen LogP contribution in [0.4, 0.5) is 0 Å². The molecule has 4 heteroatoms. The Morgan fingerprint density at radius 3 is 3.00 bits per heavy atom. The van der Waals surface area contributed by atoms with Crippen LogP contribution in [0, 0.1) is 0 Å². The Bertz CT molecular complexity index is 421. The highest BCUT2D eigenvalue weighted by Crippen LogP contribution is 2.30. The van der Waals surface area contributed by atoms with E-state index in [4.69, 9.17) is 4.52 Å². The van der Waals surface area contributed by atoms with Gasteiger partial charge in [-0.3, -0.25) is 0 Å². The van der Waals surface area contributed by atoms with Gasteiger partial charge < -0.3 is 4.52 Å². The predicted octanol–water partition coefficient (Wildman–Crippen LogP) is 4.12. The van der Waals surface area contributed by atoms with Crippen molar-refractivity contribution in [3.05, 3.63) is 27.7 Å². The third kappa shape index (κ3) is 2.07. The highest BCUT2D eigenvalue weighted by molar-refractivity contribution is 9.11. The van der Waals surface area contributed by atoms with Gasteiger partial charge >= 0.3 is 0 Å². The molecule has 2 aromatic heterocycles. The number of thiophene rings is 1. The lowest BCUT2D eigenvalue weighted by atomic mass is 10.2. The molecule has 0 unspecified atom stereocenters. The second-order valence-corrected chi connectivity index (χ2v) is 5.50. The summed E-state index contributed by atoms with van der Waals surface area (Å²) < 4.78 is 6.33. The van der Waals surface area contributed by atoms with Crippen LogP contribution in [0.15, 0.2) is 26.5 Å². The smallest absolute Gasteiger partial charge is 0.137 e. The second-order valence-electron chi connectivity index (χ2n) is 3.03. The van der Waals surface area contributed by atoms with E-state index < -0.39 is 0 Å². The summed E-state index contributed by atoms with van der Waals surface area (Å²) in [5.41, 5.74) is 0.934. The number of rotatable bonds is 3. The van der Waals surface area contributed by atoms with Crippen LogP contribution >= 0.6 is 27.3 Å². The summed E-state index contributed by atoms with van der Waals surface area (Å²) in [6.07, 6.45) is 2.04. The van der Waals surface area contributed by atoms with Gasteiger partial charge in [0.2, 0.25) is 0 Å². The van der Waals surface area contributed by atoms with E-state index in [1.807, 2.05) is 18.2 Å². The first-order valence-corrected chi connectivity index (χ1v) is 6.12. The minimum Gasteiger partial charge on any atom is -0.361 e. The molecular formula is C10H10BrNOS. The van der Waals surface area contributed by atoms with Gasteiger partial charge in [0.25, 0.3) is 0 Å². The number of aryl methyl sites for hydroxylation is 1. The van der Waals surface area contributed by atoms with E-state index in [0.29, 0.717) is 0 Å². The minimum atomic E-state index is 0.934. The van der Waals surface area contributed by atoms with Crippen molar-refractivity contribution in [2.24, 2.45) is 0 Å². The second kappa shape index (κ2) is 4.28. The van der Waals surface area contributed by atoms with E-state index in [2.05, 4.69) is 28.0 Å². The van der Waals surface area contributed by atoms with E-state index >= 15 is 0 Å². The van der Waals surface area contributed by atoms with Crippen LogP contribution in [-0.4, -0.2) is 5.16 Å². The monoisotopic (exact) mass is 271 g/mol. The van der Waals surface area contributed by atoms with Crippen molar-refractivity contribution in [3.63, 3.8) is 0 Å². The summed E-state index contributed by atoms with van der Waals surface area (Å²) in [5.74, 6) is 0.965. The molecule has 2 rings (SSSR count). The van der Waals surface area contributed by atoms with Gasteiger partial charge in [0.05, 0.1) is 8.66 Å². The first-order chi connectivity index (χ1) is 6.79. The van der Waals surface area contributed by atoms with Crippen LogP contribution in [0.1, 0.15) is 19.1 Å². The molecule has 0 atom stereocenters. The molecule has 0 bridgehead atoms. The molecule has 0 saturated carbocycles. The van der Waals surface area contributed by atoms with Crippen molar-refractivity contribution in [1.29, 1.82) is 0 Å². The van der Waals surface area contributed by atoms with Crippen molar-refractivity contribution in [2.75, 3.05) is 0 Å². The van der Waals surface area contributed by atoms with Gasteiger partial charge in [-0.25, -0.2) is 0 Å². The molecule has 0 spiro atoms. The zero-order valence-electron chi connectivity index (χ0n) is 7.79. The van der Waals surface area contributed by atoms with Gasteiger partial charge in [0, 0.05) is 12.5 Å². The lowest BCUT2D eigenvalue weighted by Gasteiger charge is -1.85. The molecule has 0 N–H and O–H groups in total. The number of hydrogen-bond acceptors (Lipinski definition) is 3. The Morgan fingerprint density at radius 1 is 1.50 bits per heavy atom. The fraction of sp³-hybridized carbons (Fsp3) is 0.300. The van der Waals surface area contributed by atoms with Crippen LogP contribution in [0.25, 0.3) is 10.6 Å². The van der Waals surface area contributed by atoms with Crippen molar-refractivity contribution in [1.82, 2.24) is 5.16 Å². The maximum Gasteiger partial charge on any atom is 0.137 e. The lowest BCUT2D eigenvalue weighted by Crippen LogP contribution is -1.75. The molecular weight excluding hydrogens is 262 g/mol. The first-order valence-electron chi connectivity index (χ1n) is 4.51. The maximum atomic E-state index is 5.21. The highest BCUT2D eigenvalue weighted by Gasteiger charge is 2.07. The Labute approximate surface area is 95.1 Å². The molecule has 0 saturated heterocycles. The largest absolute Gasteiger partial charge is 0.361 e. The maximum absolute atomic E-state index is 5.21. The van der Waals surface area contributed by atoms with Crippen LogP contribution < -0.4 is 0 Å². The van der Waals surface area contributed by atoms with Crippen molar-refractivity contribution >= 4 is 27.3 Å². The lowest BCUT2D eigenvalue weighted by molar-refractivity contribution is 0.384. The Balaban J connectivity index is 2.24. The van der Waals surface area contributed by atoms with Gasteiger partial charge in [0.15, 0.2) is 0 Å². The molecule has 0 aliphatic carbocycles. The average Bonchev–Trinajstić information content (AvgIpc) is 2.74. The summed E-state index contributed by atoms with van der Waals surface area (Å²) in [5, 5.41) is 4.03. The molecule has 2 aromatic rings. The number of aromatic nitrogens is 1. The molecule has 2 heterocycles. The van der Waals surface area contributed by atoms with Gasteiger partial charge in [-0.1, -0.05) is 12.1 Å². The summed E-state index contributed by atoms with van der Waals surface area (Å²) in [7, 11) is 0. The molecule has 0 aliphatic heterocycles. The molecule has 2 nitrogen and oxygen atoms in total.